The van der Waals surface area contributed by atoms with E-state index in [0.29, 0.717) is 5.69 Å². The lowest BCUT2D eigenvalue weighted by Gasteiger charge is -2.42. The van der Waals surface area contributed by atoms with E-state index in [-0.39, 0.29) is 58.4 Å². The summed E-state index contributed by atoms with van der Waals surface area (Å²) in [6.45, 7) is 1.65. The van der Waals surface area contributed by atoms with Crippen LogP contribution < -0.4 is 10.5 Å². The number of benzene rings is 2. The number of carbonyl (C=O) groups excluding carboxylic acids is 2. The molecular formula is C28H28N2O9S. The van der Waals surface area contributed by atoms with Crippen molar-refractivity contribution in [1.82, 2.24) is 4.98 Å². The highest BCUT2D eigenvalue weighted by Crippen LogP contribution is 2.54. The molecule has 1 aromatic heterocycles. The van der Waals surface area contributed by atoms with Crippen LogP contribution in [0.3, 0.4) is 0 Å². The predicted molar refractivity (Wildman–Crippen MR) is 141 cm³/mol. The molecular weight excluding hydrogens is 540 g/mol. The quantitative estimate of drug-likeness (QED) is 0.227. The smallest absolute Gasteiger partial charge is 0.202 e. The Morgan fingerprint density at radius 2 is 1.90 bits per heavy atom. The van der Waals surface area contributed by atoms with Gasteiger partial charge < -0.3 is 40.4 Å². The van der Waals surface area contributed by atoms with Crippen LogP contribution in [0.1, 0.15) is 74.5 Å². The summed E-state index contributed by atoms with van der Waals surface area (Å²) in [4.78, 5) is 31.6. The molecule has 0 radical (unpaired) electrons. The number of hydrogen-bond donors (Lipinski definition) is 5. The molecule has 2 aliphatic carbocycles. The summed E-state index contributed by atoms with van der Waals surface area (Å²) in [5, 5.41) is 46.8. The Bertz CT molecular complexity index is 1510. The topological polar surface area (TPSA) is 182 Å². The monoisotopic (exact) mass is 568 g/mol. The van der Waals surface area contributed by atoms with Gasteiger partial charge in [-0.25, -0.2) is 4.98 Å². The Labute approximate surface area is 232 Å². The van der Waals surface area contributed by atoms with Crippen LogP contribution in [0.5, 0.6) is 17.2 Å². The van der Waals surface area contributed by atoms with E-state index in [1.165, 1.54) is 30.6 Å². The fourth-order valence-corrected chi connectivity index (χ4v) is 6.67. The number of aromatic hydroxyl groups is 2. The second-order valence-electron chi connectivity index (χ2n) is 10.5. The van der Waals surface area contributed by atoms with Crippen LogP contribution in [0, 0.1) is 0 Å². The number of fused-ring (bicyclic) bond motifs is 3. The highest BCUT2D eigenvalue weighted by Gasteiger charge is 2.49. The molecule has 2 aromatic carbocycles. The summed E-state index contributed by atoms with van der Waals surface area (Å²) in [5.41, 5.74) is 5.75. The zero-order valence-electron chi connectivity index (χ0n) is 21.7. The first-order valence-corrected chi connectivity index (χ1v) is 13.7. The number of ketones is 2. The third kappa shape index (κ3) is 3.94. The number of nitrogens with zero attached hydrogens (tertiary/aromatic N) is 1. The average molecular weight is 569 g/mol. The highest BCUT2D eigenvalue weighted by atomic mass is 32.1. The van der Waals surface area contributed by atoms with Gasteiger partial charge in [-0.1, -0.05) is 12.1 Å². The molecule has 3 aromatic rings. The van der Waals surface area contributed by atoms with E-state index in [2.05, 4.69) is 4.98 Å². The van der Waals surface area contributed by atoms with Crippen molar-refractivity contribution in [3.8, 4) is 17.2 Å². The van der Waals surface area contributed by atoms with Gasteiger partial charge in [0.2, 0.25) is 5.78 Å². The Morgan fingerprint density at radius 3 is 2.58 bits per heavy atom. The highest BCUT2D eigenvalue weighted by molar-refractivity contribution is 7.07. The van der Waals surface area contributed by atoms with E-state index in [1.807, 2.05) is 0 Å². The minimum atomic E-state index is -1.64. The van der Waals surface area contributed by atoms with Crippen molar-refractivity contribution in [2.75, 3.05) is 7.11 Å². The summed E-state index contributed by atoms with van der Waals surface area (Å²) < 4.78 is 17.4. The zero-order chi connectivity index (χ0) is 28.5. The molecule has 6 unspecified atom stereocenters. The minimum absolute atomic E-state index is 0.0196. The summed E-state index contributed by atoms with van der Waals surface area (Å²) >= 11 is 1.27. The summed E-state index contributed by atoms with van der Waals surface area (Å²) in [5.74, 6) is -2.26. The van der Waals surface area contributed by atoms with E-state index < -0.39 is 59.3 Å². The minimum Gasteiger partial charge on any atom is -0.507 e. The van der Waals surface area contributed by atoms with E-state index in [1.54, 1.807) is 23.9 Å². The first kappa shape index (κ1) is 26.8. The Balaban J connectivity index is 1.53. The maximum atomic E-state index is 13.8. The van der Waals surface area contributed by atoms with Crippen LogP contribution in [0.4, 0.5) is 0 Å². The summed E-state index contributed by atoms with van der Waals surface area (Å²) in [7, 11) is 1.36. The second kappa shape index (κ2) is 9.61. The van der Waals surface area contributed by atoms with Gasteiger partial charge in [-0.2, -0.15) is 0 Å². The van der Waals surface area contributed by atoms with E-state index >= 15 is 0 Å². The van der Waals surface area contributed by atoms with Crippen molar-refractivity contribution in [2.45, 2.75) is 62.4 Å². The van der Waals surface area contributed by atoms with Crippen molar-refractivity contribution in [2.24, 2.45) is 5.73 Å². The molecule has 6 rings (SSSR count). The van der Waals surface area contributed by atoms with Gasteiger partial charge in [0.15, 0.2) is 12.1 Å². The van der Waals surface area contributed by atoms with Crippen LogP contribution in [-0.2, 0) is 21.5 Å². The number of nitrogens with two attached hydrogens (primary N) is 1. The molecule has 1 saturated heterocycles. The van der Waals surface area contributed by atoms with Gasteiger partial charge in [-0.05, 0) is 13.0 Å². The number of aromatic nitrogens is 1. The normalized spacial score (nSPS) is 29.5. The van der Waals surface area contributed by atoms with Crippen molar-refractivity contribution in [3.05, 3.63) is 68.2 Å². The standard InChI is InChI=1S/C28H28N2O9S/c1-11-23(31)14(29)6-18(38-11)39-16-8-28(36,17-9-40-10-30-17)7-13-20(16)27(35)22-21(25(13)33)24(32)12-4-3-5-15(37-2)19(12)26(22)34/h3-5,9-11,14,16,18,23,31,33,35-36H,6-8,29H2,1-2H3. The van der Waals surface area contributed by atoms with Gasteiger partial charge in [0, 0.05) is 47.4 Å². The van der Waals surface area contributed by atoms with Crippen molar-refractivity contribution in [1.29, 1.82) is 0 Å². The Morgan fingerprint density at radius 1 is 1.15 bits per heavy atom. The number of ether oxygens (including phenoxy) is 3. The number of phenolic OH excluding ortho intramolecular Hbond substituents is 2. The second-order valence-corrected chi connectivity index (χ2v) is 11.2. The number of hydrogen-bond acceptors (Lipinski definition) is 12. The number of rotatable bonds is 4. The van der Waals surface area contributed by atoms with Crippen LogP contribution in [0.2, 0.25) is 0 Å². The van der Waals surface area contributed by atoms with Crippen molar-refractivity contribution >= 4 is 22.9 Å². The van der Waals surface area contributed by atoms with Gasteiger partial charge >= 0.3 is 0 Å². The van der Waals surface area contributed by atoms with Gasteiger partial charge in [-0.3, -0.25) is 9.59 Å². The number of thiazole rings is 1. The Hall–Kier alpha value is -3.39. The lowest BCUT2D eigenvalue weighted by Crippen LogP contribution is -2.52. The first-order valence-electron chi connectivity index (χ1n) is 12.8. The van der Waals surface area contributed by atoms with Crippen LogP contribution in [0.25, 0.3) is 0 Å². The lowest BCUT2D eigenvalue weighted by atomic mass is 9.72. The number of aliphatic hydroxyl groups excluding tert-OH is 1. The molecule has 40 heavy (non-hydrogen) atoms. The maximum absolute atomic E-state index is 13.8. The number of carbonyl (C=O) groups is 2. The van der Waals surface area contributed by atoms with Gasteiger partial charge in [0.05, 0.1) is 53.3 Å². The van der Waals surface area contributed by atoms with Crippen LogP contribution >= 0.6 is 11.3 Å². The van der Waals surface area contributed by atoms with E-state index in [4.69, 9.17) is 19.9 Å². The van der Waals surface area contributed by atoms with E-state index in [9.17, 15) is 30.0 Å². The molecule has 210 valence electrons. The third-order valence-corrected chi connectivity index (χ3v) is 8.64. The van der Waals surface area contributed by atoms with Crippen molar-refractivity contribution < 1.29 is 44.2 Å². The predicted octanol–water partition coefficient (Wildman–Crippen LogP) is 2.05. The third-order valence-electron chi connectivity index (χ3n) is 8.05. The molecule has 1 fully saturated rings. The molecule has 1 aliphatic heterocycles. The fraction of sp³-hybridized carbons (Fsp3) is 0.393. The molecule has 2 heterocycles. The van der Waals surface area contributed by atoms with Crippen molar-refractivity contribution in [3.63, 3.8) is 0 Å². The molecule has 6 atom stereocenters. The lowest BCUT2D eigenvalue weighted by molar-refractivity contribution is -0.248. The molecule has 11 nitrogen and oxygen atoms in total. The van der Waals surface area contributed by atoms with E-state index in [0.717, 1.165) is 0 Å². The van der Waals surface area contributed by atoms with Crippen LogP contribution in [0.15, 0.2) is 29.1 Å². The number of phenols is 2. The molecule has 3 aliphatic rings. The number of methoxy groups -OCH3 is 1. The molecule has 0 bridgehead atoms. The molecule has 0 saturated carbocycles. The maximum Gasteiger partial charge on any atom is 0.202 e. The Kier molecular flexibility index (Phi) is 6.44. The molecule has 0 spiro atoms. The largest absolute Gasteiger partial charge is 0.507 e. The average Bonchev–Trinajstić information content (AvgIpc) is 3.48. The van der Waals surface area contributed by atoms with Gasteiger partial charge in [-0.15, -0.1) is 11.3 Å². The first-order chi connectivity index (χ1) is 19.1. The zero-order valence-corrected chi connectivity index (χ0v) is 22.5. The fourth-order valence-electron chi connectivity index (χ4n) is 6.03. The van der Waals surface area contributed by atoms with Crippen LogP contribution in [-0.4, -0.2) is 68.6 Å². The summed E-state index contributed by atoms with van der Waals surface area (Å²) in [6.07, 6.45) is -3.79. The molecule has 0 amide bonds. The molecule has 6 N–H and O–H groups in total. The SMILES string of the molecule is COc1cccc2c1C(=O)c1c(O)c3c(c(O)c1C2=O)CC(O)(c1cscn1)CC3OC1CC(N)C(O)C(C)O1. The number of aliphatic hydroxyl groups is 2. The van der Waals surface area contributed by atoms with Gasteiger partial charge in [0.1, 0.15) is 22.8 Å². The van der Waals surface area contributed by atoms with Gasteiger partial charge in [0.25, 0.3) is 0 Å². The molecule has 12 heteroatoms. The summed E-state index contributed by atoms with van der Waals surface area (Å²) in [6, 6.07) is 3.89.